The quantitative estimate of drug-likeness (QED) is 0.556. The third-order valence-electron chi connectivity index (χ3n) is 4.86. The standard InChI is InChI=1S/C21H22FN5O4S/c1-30-20-7-6-18(13-19(20)22)32(28,29)26-16-4-2-15(3-5-16)24-21-12-17(14-23-25-21)27-8-10-31-11-9-27/h2-7,12-14,26H,8-11H2,1H3,(H,24,25). The number of ether oxygens (including phenoxy) is 2. The average molecular weight is 460 g/mol. The van der Waals surface area contributed by atoms with Crippen molar-refractivity contribution < 1.29 is 22.3 Å². The third-order valence-corrected chi connectivity index (χ3v) is 6.24. The van der Waals surface area contributed by atoms with Crippen LogP contribution in [0.3, 0.4) is 0 Å². The van der Waals surface area contributed by atoms with Crippen molar-refractivity contribution in [3.8, 4) is 5.75 Å². The van der Waals surface area contributed by atoms with Gasteiger partial charge in [-0.2, -0.15) is 5.10 Å². The van der Waals surface area contributed by atoms with Gasteiger partial charge in [-0.05, 0) is 42.5 Å². The first-order valence-electron chi connectivity index (χ1n) is 9.83. The third kappa shape index (κ3) is 5.06. The fraction of sp³-hybridized carbons (Fsp3) is 0.238. The Morgan fingerprint density at radius 3 is 2.47 bits per heavy atom. The highest BCUT2D eigenvalue weighted by Gasteiger charge is 2.17. The van der Waals surface area contributed by atoms with E-state index < -0.39 is 15.8 Å². The molecule has 0 bridgehead atoms. The van der Waals surface area contributed by atoms with Crippen LogP contribution in [0.5, 0.6) is 5.75 Å². The Bertz CT molecular complexity index is 1190. The molecule has 1 fully saturated rings. The zero-order chi connectivity index (χ0) is 22.6. The summed E-state index contributed by atoms with van der Waals surface area (Å²) >= 11 is 0. The Morgan fingerprint density at radius 2 is 1.78 bits per heavy atom. The fourth-order valence-electron chi connectivity index (χ4n) is 3.21. The molecule has 2 N–H and O–H groups in total. The molecule has 1 aliphatic rings. The van der Waals surface area contributed by atoms with E-state index in [0.717, 1.165) is 24.8 Å². The van der Waals surface area contributed by atoms with Crippen molar-refractivity contribution in [1.82, 2.24) is 10.2 Å². The predicted octanol–water partition coefficient (Wildman–Crippen LogP) is 3.01. The minimum atomic E-state index is -3.95. The van der Waals surface area contributed by atoms with Crippen LogP contribution >= 0.6 is 0 Å². The van der Waals surface area contributed by atoms with E-state index in [2.05, 4.69) is 25.1 Å². The monoisotopic (exact) mass is 459 g/mol. The maximum absolute atomic E-state index is 13.9. The van der Waals surface area contributed by atoms with Crippen LogP contribution in [-0.2, 0) is 14.8 Å². The minimum Gasteiger partial charge on any atom is -0.494 e. The number of nitrogens with zero attached hydrogens (tertiary/aromatic N) is 3. The largest absolute Gasteiger partial charge is 0.494 e. The SMILES string of the molecule is COc1ccc(S(=O)(=O)Nc2ccc(Nc3cc(N4CCOCC4)cnn3)cc2)cc1F. The highest BCUT2D eigenvalue weighted by atomic mass is 32.2. The highest BCUT2D eigenvalue weighted by molar-refractivity contribution is 7.92. The van der Waals surface area contributed by atoms with Crippen molar-refractivity contribution in [1.29, 1.82) is 0 Å². The Kier molecular flexibility index (Phi) is 6.37. The van der Waals surface area contributed by atoms with Crippen molar-refractivity contribution in [2.75, 3.05) is 48.4 Å². The van der Waals surface area contributed by atoms with Crippen molar-refractivity contribution in [3.05, 3.63) is 60.5 Å². The summed E-state index contributed by atoms with van der Waals surface area (Å²) in [5, 5.41) is 11.3. The second-order valence-corrected chi connectivity index (χ2v) is 8.69. The maximum Gasteiger partial charge on any atom is 0.262 e. The first-order valence-corrected chi connectivity index (χ1v) is 11.3. The first-order chi connectivity index (χ1) is 15.4. The Labute approximate surface area is 185 Å². The lowest BCUT2D eigenvalue weighted by Crippen LogP contribution is -2.36. The topological polar surface area (TPSA) is 106 Å². The lowest BCUT2D eigenvalue weighted by atomic mass is 10.3. The molecule has 0 aliphatic carbocycles. The van der Waals surface area contributed by atoms with Crippen LogP contribution in [0.2, 0.25) is 0 Å². The van der Waals surface area contributed by atoms with Gasteiger partial charge in [0.2, 0.25) is 0 Å². The van der Waals surface area contributed by atoms with Gasteiger partial charge in [0.15, 0.2) is 17.4 Å². The smallest absolute Gasteiger partial charge is 0.262 e. The summed E-state index contributed by atoms with van der Waals surface area (Å²) in [6.45, 7) is 2.92. The normalized spacial score (nSPS) is 14.1. The molecule has 2 heterocycles. The van der Waals surface area contributed by atoms with Crippen LogP contribution in [0.4, 0.5) is 27.3 Å². The van der Waals surface area contributed by atoms with Crippen LogP contribution in [0.15, 0.2) is 59.6 Å². The molecule has 1 aliphatic heterocycles. The lowest BCUT2D eigenvalue weighted by molar-refractivity contribution is 0.122. The number of rotatable bonds is 7. The van der Waals surface area contributed by atoms with E-state index in [4.69, 9.17) is 9.47 Å². The first kappa shape index (κ1) is 21.8. The Morgan fingerprint density at radius 1 is 1.06 bits per heavy atom. The molecule has 0 atom stereocenters. The summed E-state index contributed by atoms with van der Waals surface area (Å²) in [7, 11) is -2.64. The molecule has 0 spiro atoms. The summed E-state index contributed by atoms with van der Waals surface area (Å²) in [4.78, 5) is 1.97. The van der Waals surface area contributed by atoms with E-state index in [-0.39, 0.29) is 10.6 Å². The number of anilines is 4. The maximum atomic E-state index is 13.9. The van der Waals surface area contributed by atoms with Gasteiger partial charge < -0.3 is 19.7 Å². The van der Waals surface area contributed by atoms with Gasteiger partial charge in [-0.1, -0.05) is 0 Å². The zero-order valence-electron chi connectivity index (χ0n) is 17.3. The number of sulfonamides is 1. The molecule has 1 aromatic heterocycles. The van der Waals surface area contributed by atoms with Crippen molar-refractivity contribution in [2.24, 2.45) is 0 Å². The Balaban J connectivity index is 1.44. The summed E-state index contributed by atoms with van der Waals surface area (Å²) in [6, 6.07) is 12.0. The van der Waals surface area contributed by atoms with Gasteiger partial charge in [0.25, 0.3) is 10.0 Å². The number of benzene rings is 2. The van der Waals surface area contributed by atoms with Gasteiger partial charge in [-0.3, -0.25) is 4.72 Å². The molecule has 0 saturated carbocycles. The van der Waals surface area contributed by atoms with Crippen LogP contribution < -0.4 is 19.7 Å². The second kappa shape index (κ2) is 9.37. The molecule has 9 nitrogen and oxygen atoms in total. The number of hydrogen-bond donors (Lipinski definition) is 2. The number of aromatic nitrogens is 2. The number of morpholine rings is 1. The molecule has 168 valence electrons. The predicted molar refractivity (Wildman–Crippen MR) is 119 cm³/mol. The summed E-state index contributed by atoms with van der Waals surface area (Å²) in [5.41, 5.74) is 1.98. The minimum absolute atomic E-state index is 0.0276. The van der Waals surface area contributed by atoms with Crippen LogP contribution in [0.25, 0.3) is 0 Å². The average Bonchev–Trinajstić information content (AvgIpc) is 2.81. The molecule has 0 radical (unpaired) electrons. The van der Waals surface area contributed by atoms with E-state index in [1.54, 1.807) is 30.5 Å². The molecule has 32 heavy (non-hydrogen) atoms. The van der Waals surface area contributed by atoms with Gasteiger partial charge in [0, 0.05) is 30.5 Å². The fourth-order valence-corrected chi connectivity index (χ4v) is 4.28. The molecule has 4 rings (SSSR count). The number of nitrogens with one attached hydrogen (secondary N) is 2. The summed E-state index contributed by atoms with van der Waals surface area (Å²) in [5.74, 6) is -0.216. The van der Waals surface area contributed by atoms with Crippen LogP contribution in [0.1, 0.15) is 0 Å². The second-order valence-electron chi connectivity index (χ2n) is 7.00. The number of halogens is 1. The van der Waals surface area contributed by atoms with Gasteiger partial charge in [0.05, 0.1) is 37.1 Å². The van der Waals surface area contributed by atoms with Gasteiger partial charge in [-0.25, -0.2) is 12.8 Å². The number of methoxy groups -OCH3 is 1. The highest BCUT2D eigenvalue weighted by Crippen LogP contribution is 2.25. The van der Waals surface area contributed by atoms with Crippen molar-refractivity contribution >= 4 is 32.9 Å². The van der Waals surface area contributed by atoms with Gasteiger partial charge in [0.1, 0.15) is 0 Å². The van der Waals surface area contributed by atoms with E-state index in [1.165, 1.54) is 19.2 Å². The van der Waals surface area contributed by atoms with E-state index >= 15 is 0 Å². The summed E-state index contributed by atoms with van der Waals surface area (Å²) < 4.78 is 51.6. The molecule has 11 heteroatoms. The van der Waals surface area contributed by atoms with Gasteiger partial charge in [-0.15, -0.1) is 5.10 Å². The van der Waals surface area contributed by atoms with Crippen LogP contribution in [0, 0.1) is 5.82 Å². The van der Waals surface area contributed by atoms with Crippen LogP contribution in [-0.4, -0.2) is 52.0 Å². The summed E-state index contributed by atoms with van der Waals surface area (Å²) in [6.07, 6.45) is 1.70. The van der Waals surface area contributed by atoms with Gasteiger partial charge >= 0.3 is 0 Å². The number of hydrogen-bond acceptors (Lipinski definition) is 8. The molecule has 2 aromatic carbocycles. The zero-order valence-corrected chi connectivity index (χ0v) is 18.1. The van der Waals surface area contributed by atoms with Crippen molar-refractivity contribution in [2.45, 2.75) is 4.90 Å². The molecular weight excluding hydrogens is 437 g/mol. The van der Waals surface area contributed by atoms with Crippen molar-refractivity contribution in [3.63, 3.8) is 0 Å². The lowest BCUT2D eigenvalue weighted by Gasteiger charge is -2.28. The molecule has 0 unspecified atom stereocenters. The molecule has 3 aromatic rings. The van der Waals surface area contributed by atoms with E-state index in [1.807, 2.05) is 6.07 Å². The molecular formula is C21H22FN5O4S. The Hall–Kier alpha value is -3.44. The van der Waals surface area contributed by atoms with E-state index in [0.29, 0.717) is 30.4 Å². The molecule has 1 saturated heterocycles. The van der Waals surface area contributed by atoms with E-state index in [9.17, 15) is 12.8 Å². The molecule has 0 amide bonds.